The molecule has 3 rings (SSSR count). The Morgan fingerprint density at radius 1 is 1.40 bits per heavy atom. The van der Waals surface area contributed by atoms with Gasteiger partial charge in [0.15, 0.2) is 0 Å². The number of morpholine rings is 1. The summed E-state index contributed by atoms with van der Waals surface area (Å²) in [7, 11) is 0. The Bertz CT molecular complexity index is 456. The first-order valence-electron chi connectivity index (χ1n) is 7.52. The molecule has 2 atom stereocenters. The Balaban J connectivity index is 1.67. The van der Waals surface area contributed by atoms with Gasteiger partial charge in [-0.2, -0.15) is 0 Å². The van der Waals surface area contributed by atoms with Gasteiger partial charge in [-0.3, -0.25) is 0 Å². The van der Waals surface area contributed by atoms with E-state index in [1.165, 1.54) is 0 Å². The van der Waals surface area contributed by atoms with Gasteiger partial charge < -0.3 is 15.0 Å². The lowest BCUT2D eigenvalue weighted by Gasteiger charge is -2.33. The molecular formula is C15H22ClN3O. The Labute approximate surface area is 125 Å². The molecule has 1 N–H and O–H groups in total. The van der Waals surface area contributed by atoms with Crippen molar-refractivity contribution >= 4 is 17.4 Å². The minimum absolute atomic E-state index is 0.359. The summed E-state index contributed by atoms with van der Waals surface area (Å²) in [5.41, 5.74) is 1.14. The molecule has 0 radical (unpaired) electrons. The number of aromatic nitrogens is 1. The molecule has 3 heterocycles. The van der Waals surface area contributed by atoms with Gasteiger partial charge in [0.2, 0.25) is 0 Å². The van der Waals surface area contributed by atoms with Gasteiger partial charge in [-0.05, 0) is 37.4 Å². The molecule has 2 unspecified atom stereocenters. The predicted octanol–water partition coefficient (Wildman–Crippen LogP) is 2.60. The minimum Gasteiger partial charge on any atom is -0.371 e. The van der Waals surface area contributed by atoms with E-state index in [1.807, 2.05) is 12.3 Å². The van der Waals surface area contributed by atoms with E-state index in [4.69, 9.17) is 16.3 Å². The van der Waals surface area contributed by atoms with E-state index in [2.05, 4.69) is 22.1 Å². The van der Waals surface area contributed by atoms with Crippen LogP contribution < -0.4 is 10.2 Å². The zero-order valence-corrected chi connectivity index (χ0v) is 12.7. The molecule has 0 saturated carbocycles. The van der Waals surface area contributed by atoms with Gasteiger partial charge in [0.05, 0.1) is 17.2 Å². The first kappa shape index (κ1) is 14.1. The summed E-state index contributed by atoms with van der Waals surface area (Å²) in [5.74, 6) is 0.908. The standard InChI is InChI=1S/C15H22ClN3O/c1-2-5-17-7-11-6-14(16)15(18-8-11)19-9-12-3-4-13(10-19)20-12/h6,8,12-13,17H,2-5,7,9-10H2,1H3. The number of nitrogens with zero attached hydrogens (tertiary/aromatic N) is 2. The molecule has 2 aliphatic heterocycles. The van der Waals surface area contributed by atoms with Crippen molar-refractivity contribution in [3.8, 4) is 0 Å². The fourth-order valence-electron chi connectivity index (χ4n) is 3.00. The van der Waals surface area contributed by atoms with Crippen LogP contribution in [0, 0.1) is 0 Å². The average Bonchev–Trinajstić information content (AvgIpc) is 2.78. The van der Waals surface area contributed by atoms with Gasteiger partial charge in [0, 0.05) is 25.8 Å². The molecule has 1 aromatic rings. The Kier molecular flexibility index (Phi) is 4.44. The van der Waals surface area contributed by atoms with Crippen LogP contribution >= 0.6 is 11.6 Å². The summed E-state index contributed by atoms with van der Waals surface area (Å²) in [6.45, 7) is 5.84. The molecule has 5 heteroatoms. The van der Waals surface area contributed by atoms with Crippen molar-refractivity contribution < 1.29 is 4.74 Å². The summed E-state index contributed by atoms with van der Waals surface area (Å²) < 4.78 is 5.86. The third-order valence-corrected chi connectivity index (χ3v) is 4.26. The smallest absolute Gasteiger partial charge is 0.147 e. The summed E-state index contributed by atoms with van der Waals surface area (Å²) >= 11 is 6.42. The van der Waals surface area contributed by atoms with Crippen LogP contribution in [0.4, 0.5) is 5.82 Å². The van der Waals surface area contributed by atoms with Crippen LogP contribution in [0.25, 0.3) is 0 Å². The minimum atomic E-state index is 0.359. The summed E-state index contributed by atoms with van der Waals surface area (Å²) in [5, 5.41) is 4.12. The van der Waals surface area contributed by atoms with Crippen molar-refractivity contribution in [3.63, 3.8) is 0 Å². The zero-order valence-electron chi connectivity index (χ0n) is 11.9. The van der Waals surface area contributed by atoms with Crippen molar-refractivity contribution in [2.45, 2.75) is 44.9 Å². The van der Waals surface area contributed by atoms with Crippen LogP contribution in [0.1, 0.15) is 31.7 Å². The fraction of sp³-hybridized carbons (Fsp3) is 0.667. The highest BCUT2D eigenvalue weighted by Crippen LogP contribution is 2.32. The van der Waals surface area contributed by atoms with Crippen LogP contribution in [0.2, 0.25) is 5.02 Å². The number of fused-ring (bicyclic) bond motifs is 2. The van der Waals surface area contributed by atoms with Gasteiger partial charge in [0.25, 0.3) is 0 Å². The molecule has 0 aliphatic carbocycles. The molecule has 20 heavy (non-hydrogen) atoms. The highest BCUT2D eigenvalue weighted by atomic mass is 35.5. The predicted molar refractivity (Wildman–Crippen MR) is 81.4 cm³/mol. The second kappa shape index (κ2) is 6.29. The second-order valence-electron chi connectivity index (χ2n) is 5.69. The van der Waals surface area contributed by atoms with Gasteiger partial charge in [-0.15, -0.1) is 0 Å². The van der Waals surface area contributed by atoms with Gasteiger partial charge in [-0.1, -0.05) is 18.5 Å². The summed E-state index contributed by atoms with van der Waals surface area (Å²) in [4.78, 5) is 6.85. The van der Waals surface area contributed by atoms with Crippen LogP contribution in [0.5, 0.6) is 0 Å². The third kappa shape index (κ3) is 3.08. The number of hydrogen-bond donors (Lipinski definition) is 1. The van der Waals surface area contributed by atoms with Gasteiger partial charge >= 0.3 is 0 Å². The maximum absolute atomic E-state index is 6.42. The number of pyridine rings is 1. The monoisotopic (exact) mass is 295 g/mol. The maximum atomic E-state index is 6.42. The third-order valence-electron chi connectivity index (χ3n) is 3.98. The van der Waals surface area contributed by atoms with E-state index in [9.17, 15) is 0 Å². The molecule has 1 aromatic heterocycles. The first-order valence-corrected chi connectivity index (χ1v) is 7.89. The van der Waals surface area contributed by atoms with E-state index in [0.717, 1.165) is 61.8 Å². The fourth-order valence-corrected chi connectivity index (χ4v) is 3.31. The highest BCUT2D eigenvalue weighted by Gasteiger charge is 2.34. The normalized spacial score (nSPS) is 25.2. The van der Waals surface area contributed by atoms with E-state index in [1.54, 1.807) is 0 Å². The topological polar surface area (TPSA) is 37.4 Å². The maximum Gasteiger partial charge on any atom is 0.147 e. The molecule has 2 saturated heterocycles. The number of hydrogen-bond acceptors (Lipinski definition) is 4. The second-order valence-corrected chi connectivity index (χ2v) is 6.10. The first-order chi connectivity index (χ1) is 9.76. The number of halogens is 1. The molecule has 2 fully saturated rings. The lowest BCUT2D eigenvalue weighted by atomic mass is 10.2. The van der Waals surface area contributed by atoms with Crippen molar-refractivity contribution in [2.75, 3.05) is 24.5 Å². The van der Waals surface area contributed by atoms with Crippen molar-refractivity contribution in [1.82, 2.24) is 10.3 Å². The molecule has 2 aliphatic rings. The molecule has 2 bridgehead atoms. The van der Waals surface area contributed by atoms with Crippen LogP contribution in [0.15, 0.2) is 12.3 Å². The molecule has 4 nitrogen and oxygen atoms in total. The quantitative estimate of drug-likeness (QED) is 0.847. The molecular weight excluding hydrogens is 274 g/mol. The number of rotatable bonds is 5. The lowest BCUT2D eigenvalue weighted by molar-refractivity contribution is 0.0302. The summed E-state index contributed by atoms with van der Waals surface area (Å²) in [6.07, 6.45) is 6.11. The van der Waals surface area contributed by atoms with Crippen molar-refractivity contribution in [3.05, 3.63) is 22.8 Å². The molecule has 110 valence electrons. The number of ether oxygens (including phenoxy) is 1. The SMILES string of the molecule is CCCNCc1cnc(N2CC3CCC(C2)O3)c(Cl)c1. The van der Waals surface area contributed by atoms with Crippen LogP contribution in [-0.2, 0) is 11.3 Å². The van der Waals surface area contributed by atoms with E-state index in [-0.39, 0.29) is 0 Å². The molecule has 0 spiro atoms. The highest BCUT2D eigenvalue weighted by molar-refractivity contribution is 6.33. The largest absolute Gasteiger partial charge is 0.371 e. The zero-order chi connectivity index (χ0) is 13.9. The summed E-state index contributed by atoms with van der Waals surface area (Å²) in [6, 6.07) is 2.03. The van der Waals surface area contributed by atoms with E-state index in [0.29, 0.717) is 12.2 Å². The van der Waals surface area contributed by atoms with Crippen LogP contribution in [-0.4, -0.2) is 36.8 Å². The molecule has 0 aromatic carbocycles. The average molecular weight is 296 g/mol. The molecule has 0 amide bonds. The van der Waals surface area contributed by atoms with Gasteiger partial charge in [-0.25, -0.2) is 4.98 Å². The lowest BCUT2D eigenvalue weighted by Crippen LogP contribution is -2.43. The van der Waals surface area contributed by atoms with Gasteiger partial charge in [0.1, 0.15) is 5.82 Å². The van der Waals surface area contributed by atoms with Crippen LogP contribution in [0.3, 0.4) is 0 Å². The van der Waals surface area contributed by atoms with E-state index >= 15 is 0 Å². The Morgan fingerprint density at radius 3 is 2.80 bits per heavy atom. The Morgan fingerprint density at radius 2 is 2.15 bits per heavy atom. The van der Waals surface area contributed by atoms with Crippen molar-refractivity contribution in [1.29, 1.82) is 0 Å². The van der Waals surface area contributed by atoms with Crippen molar-refractivity contribution in [2.24, 2.45) is 0 Å². The number of anilines is 1. The Hall–Kier alpha value is -0.840. The number of nitrogens with one attached hydrogen (secondary N) is 1. The van der Waals surface area contributed by atoms with E-state index < -0.39 is 0 Å².